The van der Waals surface area contributed by atoms with E-state index in [1.165, 1.54) is 43.3 Å². The van der Waals surface area contributed by atoms with Crippen molar-refractivity contribution in [3.05, 3.63) is 59.9 Å². The average molecular weight is 337 g/mol. The minimum atomic E-state index is -3.76. The monoisotopic (exact) mass is 337 g/mol. The number of ether oxygens (including phenoxy) is 1. The molecule has 2 rings (SSSR count). The lowest BCUT2D eigenvalue weighted by molar-refractivity contribution is 0.101. The van der Waals surface area contributed by atoms with Crippen molar-refractivity contribution in [3.8, 4) is 5.75 Å². The first-order valence-corrected chi connectivity index (χ1v) is 8.36. The van der Waals surface area contributed by atoms with E-state index in [1.54, 1.807) is 12.1 Å². The summed E-state index contributed by atoms with van der Waals surface area (Å²) in [6.07, 6.45) is 0. The minimum Gasteiger partial charge on any atom is -0.489 e. The molecule has 122 valence electrons. The van der Waals surface area contributed by atoms with Gasteiger partial charge in [0.05, 0.1) is 4.90 Å². The van der Waals surface area contributed by atoms with Gasteiger partial charge in [0.15, 0.2) is 17.3 Å². The van der Waals surface area contributed by atoms with E-state index >= 15 is 0 Å². The Labute approximate surface area is 134 Å². The molecular formula is C16H16FNO4S. The number of ketones is 1. The van der Waals surface area contributed by atoms with Crippen LogP contribution < -0.4 is 9.46 Å². The van der Waals surface area contributed by atoms with E-state index in [0.29, 0.717) is 5.56 Å². The fraction of sp³-hybridized carbons (Fsp3) is 0.188. The Morgan fingerprint density at radius 2 is 1.91 bits per heavy atom. The maximum Gasteiger partial charge on any atom is 0.240 e. The zero-order valence-corrected chi connectivity index (χ0v) is 13.3. The molecule has 0 aliphatic carbocycles. The summed E-state index contributed by atoms with van der Waals surface area (Å²) in [4.78, 5) is 11.3. The van der Waals surface area contributed by atoms with Crippen molar-refractivity contribution in [2.75, 3.05) is 13.2 Å². The topological polar surface area (TPSA) is 72.5 Å². The Kier molecular flexibility index (Phi) is 5.46. The van der Waals surface area contributed by atoms with Gasteiger partial charge in [-0.05, 0) is 31.2 Å². The third-order valence-electron chi connectivity index (χ3n) is 3.04. The third kappa shape index (κ3) is 4.61. The fourth-order valence-electron chi connectivity index (χ4n) is 1.86. The minimum absolute atomic E-state index is 0.00362. The molecule has 0 spiro atoms. The van der Waals surface area contributed by atoms with Gasteiger partial charge in [-0.2, -0.15) is 0 Å². The van der Waals surface area contributed by atoms with Gasteiger partial charge in [0.25, 0.3) is 0 Å². The van der Waals surface area contributed by atoms with Crippen LogP contribution in [0, 0.1) is 5.82 Å². The number of hydrogen-bond acceptors (Lipinski definition) is 4. The summed E-state index contributed by atoms with van der Waals surface area (Å²) >= 11 is 0. The smallest absolute Gasteiger partial charge is 0.240 e. The molecule has 0 radical (unpaired) electrons. The standard InChI is InChI=1S/C16H16FNO4S/c1-12(19)13-5-4-6-14(11-13)23(20,21)18-9-10-22-16-8-3-2-7-15(16)17/h2-8,11,18H,9-10H2,1H3. The van der Waals surface area contributed by atoms with E-state index in [0.717, 1.165) is 0 Å². The molecule has 1 N–H and O–H groups in total. The number of sulfonamides is 1. The van der Waals surface area contributed by atoms with Crippen molar-refractivity contribution in [1.29, 1.82) is 0 Å². The normalized spacial score (nSPS) is 11.2. The second kappa shape index (κ2) is 7.34. The van der Waals surface area contributed by atoms with Crippen LogP contribution in [0.5, 0.6) is 5.75 Å². The van der Waals surface area contributed by atoms with Crippen molar-refractivity contribution >= 4 is 15.8 Å². The summed E-state index contributed by atoms with van der Waals surface area (Å²) < 4.78 is 45.1. The van der Waals surface area contributed by atoms with Gasteiger partial charge in [0.2, 0.25) is 10.0 Å². The lowest BCUT2D eigenvalue weighted by atomic mass is 10.2. The Morgan fingerprint density at radius 3 is 2.61 bits per heavy atom. The second-order valence-electron chi connectivity index (χ2n) is 4.76. The Bertz CT molecular complexity index is 805. The lowest BCUT2D eigenvalue weighted by Gasteiger charge is -2.09. The first kappa shape index (κ1) is 17.1. The number of benzene rings is 2. The number of para-hydroxylation sites is 1. The van der Waals surface area contributed by atoms with Crippen molar-refractivity contribution in [3.63, 3.8) is 0 Å². The zero-order chi connectivity index (χ0) is 16.9. The van der Waals surface area contributed by atoms with Gasteiger partial charge in [-0.3, -0.25) is 4.79 Å². The molecule has 0 atom stereocenters. The van der Waals surface area contributed by atoms with Gasteiger partial charge in [-0.25, -0.2) is 17.5 Å². The van der Waals surface area contributed by atoms with Crippen molar-refractivity contribution in [2.45, 2.75) is 11.8 Å². The molecule has 0 heterocycles. The van der Waals surface area contributed by atoms with Crippen LogP contribution in [-0.4, -0.2) is 27.4 Å². The van der Waals surface area contributed by atoms with Gasteiger partial charge in [-0.1, -0.05) is 24.3 Å². The van der Waals surface area contributed by atoms with E-state index in [-0.39, 0.29) is 29.6 Å². The summed E-state index contributed by atoms with van der Waals surface area (Å²) in [7, 11) is -3.76. The summed E-state index contributed by atoms with van der Waals surface area (Å²) in [5.41, 5.74) is 0.315. The van der Waals surface area contributed by atoms with Crippen molar-refractivity contribution in [2.24, 2.45) is 0 Å². The van der Waals surface area contributed by atoms with Crippen LogP contribution in [0.1, 0.15) is 17.3 Å². The summed E-state index contributed by atoms with van der Waals surface area (Å²) in [5.74, 6) is -0.667. The number of nitrogens with one attached hydrogen (secondary N) is 1. The van der Waals surface area contributed by atoms with Gasteiger partial charge < -0.3 is 4.74 Å². The van der Waals surface area contributed by atoms with Gasteiger partial charge >= 0.3 is 0 Å². The molecule has 5 nitrogen and oxygen atoms in total. The largest absolute Gasteiger partial charge is 0.489 e. The number of carbonyl (C=O) groups excluding carboxylic acids is 1. The average Bonchev–Trinajstić information content (AvgIpc) is 2.53. The maximum atomic E-state index is 13.3. The van der Waals surface area contributed by atoms with Crippen LogP contribution in [0.15, 0.2) is 53.4 Å². The van der Waals surface area contributed by atoms with Gasteiger partial charge in [0.1, 0.15) is 6.61 Å². The van der Waals surface area contributed by atoms with Crippen molar-refractivity contribution < 1.29 is 22.3 Å². The van der Waals surface area contributed by atoms with E-state index in [2.05, 4.69) is 4.72 Å². The maximum absolute atomic E-state index is 13.3. The fourth-order valence-corrected chi connectivity index (χ4v) is 2.92. The first-order chi connectivity index (χ1) is 10.9. The van der Waals surface area contributed by atoms with Crippen LogP contribution in [0.25, 0.3) is 0 Å². The Hall–Kier alpha value is -2.25. The number of rotatable bonds is 7. The summed E-state index contributed by atoms with van der Waals surface area (Å²) in [5, 5.41) is 0. The van der Waals surface area contributed by atoms with Gasteiger partial charge in [-0.15, -0.1) is 0 Å². The molecule has 0 fully saturated rings. The molecule has 0 aromatic heterocycles. The first-order valence-electron chi connectivity index (χ1n) is 6.88. The SMILES string of the molecule is CC(=O)c1cccc(S(=O)(=O)NCCOc2ccccc2F)c1. The molecule has 23 heavy (non-hydrogen) atoms. The lowest BCUT2D eigenvalue weighted by Crippen LogP contribution is -2.28. The Morgan fingerprint density at radius 1 is 1.17 bits per heavy atom. The highest BCUT2D eigenvalue weighted by molar-refractivity contribution is 7.89. The number of carbonyl (C=O) groups is 1. The Balaban J connectivity index is 1.95. The zero-order valence-electron chi connectivity index (χ0n) is 12.5. The van der Waals surface area contributed by atoms with Crippen LogP contribution >= 0.6 is 0 Å². The number of halogens is 1. The van der Waals surface area contributed by atoms with E-state index in [4.69, 9.17) is 4.74 Å². The molecule has 7 heteroatoms. The quantitative estimate of drug-likeness (QED) is 0.622. The predicted octanol–water partition coefficient (Wildman–Crippen LogP) is 2.39. The molecule has 0 saturated heterocycles. The van der Waals surface area contributed by atoms with Crippen LogP contribution in [0.4, 0.5) is 4.39 Å². The molecule has 0 amide bonds. The predicted molar refractivity (Wildman–Crippen MR) is 83.5 cm³/mol. The number of hydrogen-bond donors (Lipinski definition) is 1. The van der Waals surface area contributed by atoms with Gasteiger partial charge in [0, 0.05) is 12.1 Å². The molecule has 0 aliphatic heterocycles. The highest BCUT2D eigenvalue weighted by atomic mass is 32.2. The summed E-state index contributed by atoms with van der Waals surface area (Å²) in [6.45, 7) is 1.31. The number of Topliss-reactive ketones (excluding diaryl/α,β-unsaturated/α-hetero) is 1. The second-order valence-corrected chi connectivity index (χ2v) is 6.53. The van der Waals surface area contributed by atoms with Crippen LogP contribution in [-0.2, 0) is 10.0 Å². The summed E-state index contributed by atoms with van der Waals surface area (Å²) in [6, 6.07) is 11.6. The van der Waals surface area contributed by atoms with E-state index in [9.17, 15) is 17.6 Å². The molecular weight excluding hydrogens is 321 g/mol. The molecule has 0 saturated carbocycles. The highest BCUT2D eigenvalue weighted by Gasteiger charge is 2.15. The van der Waals surface area contributed by atoms with Crippen molar-refractivity contribution in [1.82, 2.24) is 4.72 Å². The molecule has 2 aromatic carbocycles. The molecule has 0 bridgehead atoms. The third-order valence-corrected chi connectivity index (χ3v) is 4.50. The van der Waals surface area contributed by atoms with E-state index in [1.807, 2.05) is 0 Å². The molecule has 0 aliphatic rings. The molecule has 2 aromatic rings. The highest BCUT2D eigenvalue weighted by Crippen LogP contribution is 2.15. The van der Waals surface area contributed by atoms with Crippen LogP contribution in [0.3, 0.4) is 0 Å². The molecule has 0 unspecified atom stereocenters. The van der Waals surface area contributed by atoms with E-state index < -0.39 is 15.8 Å². The van der Waals surface area contributed by atoms with Crippen LogP contribution in [0.2, 0.25) is 0 Å².